The van der Waals surface area contributed by atoms with Gasteiger partial charge in [0.1, 0.15) is 0 Å². The molecule has 4 nitrogen and oxygen atoms in total. The molecule has 0 radical (unpaired) electrons. The zero-order valence-electron chi connectivity index (χ0n) is 18.3. The molecule has 0 bridgehead atoms. The first-order valence-electron chi connectivity index (χ1n) is 10.1. The fourth-order valence-corrected chi connectivity index (χ4v) is 4.08. The van der Waals surface area contributed by atoms with E-state index in [1.807, 2.05) is 0 Å². The zero-order valence-corrected chi connectivity index (χ0v) is 18.3. The van der Waals surface area contributed by atoms with E-state index < -0.39 is 0 Å². The Morgan fingerprint density at radius 2 is 1.74 bits per heavy atom. The highest BCUT2D eigenvalue weighted by molar-refractivity contribution is 6.57. The van der Waals surface area contributed by atoms with Gasteiger partial charge in [-0.2, -0.15) is 0 Å². The molecular weight excluding hydrogens is 335 g/mol. The number of ether oxygens (including phenoxy) is 2. The SMILES string of the molecule is CCB(CC)n1cc(C)c(CC)c1/C=C1\N=C(C)C(CC(OC)OC)=C1C. The highest BCUT2D eigenvalue weighted by Crippen LogP contribution is 2.32. The van der Waals surface area contributed by atoms with Gasteiger partial charge in [0.15, 0.2) is 6.29 Å². The second-order valence-corrected chi connectivity index (χ2v) is 7.34. The molecule has 2 rings (SSSR count). The molecule has 0 amide bonds. The molecule has 1 aliphatic rings. The number of aryl methyl sites for hydroxylation is 1. The summed E-state index contributed by atoms with van der Waals surface area (Å²) in [4.78, 5) is 4.88. The molecule has 0 spiro atoms. The Bertz CT molecular complexity index is 751. The molecule has 27 heavy (non-hydrogen) atoms. The summed E-state index contributed by atoms with van der Waals surface area (Å²) in [6.45, 7) is 13.8. The molecule has 0 N–H and O–H groups in total. The smallest absolute Gasteiger partial charge is 0.259 e. The highest BCUT2D eigenvalue weighted by atomic mass is 16.7. The van der Waals surface area contributed by atoms with Gasteiger partial charge in [0.05, 0.1) is 5.70 Å². The Labute approximate surface area is 165 Å². The molecule has 5 heteroatoms. The Hall–Kier alpha value is -1.59. The minimum absolute atomic E-state index is 0.235. The van der Waals surface area contributed by atoms with E-state index in [-0.39, 0.29) is 6.29 Å². The van der Waals surface area contributed by atoms with E-state index in [1.54, 1.807) is 14.2 Å². The lowest BCUT2D eigenvalue weighted by atomic mass is 9.57. The molecule has 2 heterocycles. The van der Waals surface area contributed by atoms with E-state index in [9.17, 15) is 0 Å². The quantitative estimate of drug-likeness (QED) is 0.432. The van der Waals surface area contributed by atoms with Gasteiger partial charge >= 0.3 is 0 Å². The normalized spacial score (nSPS) is 16.0. The highest BCUT2D eigenvalue weighted by Gasteiger charge is 2.23. The van der Waals surface area contributed by atoms with Gasteiger partial charge in [0.2, 0.25) is 0 Å². The van der Waals surface area contributed by atoms with Crippen molar-refractivity contribution in [2.45, 2.75) is 73.3 Å². The summed E-state index contributed by atoms with van der Waals surface area (Å²) in [7, 11) is 3.36. The first-order chi connectivity index (χ1) is 12.9. The third-order valence-electron chi connectivity index (χ3n) is 5.82. The minimum Gasteiger partial charge on any atom is -0.392 e. The Kier molecular flexibility index (Phi) is 7.69. The maximum atomic E-state index is 5.40. The van der Waals surface area contributed by atoms with E-state index >= 15 is 0 Å². The Morgan fingerprint density at radius 1 is 1.11 bits per heavy atom. The summed E-state index contributed by atoms with van der Waals surface area (Å²) in [5, 5.41) is 0. The molecular formula is C22H35BN2O2. The van der Waals surface area contributed by atoms with Gasteiger partial charge in [-0.3, -0.25) is 4.99 Å². The fraction of sp³-hybridized carbons (Fsp3) is 0.591. The van der Waals surface area contributed by atoms with Crippen molar-refractivity contribution in [3.05, 3.63) is 39.9 Å². The van der Waals surface area contributed by atoms with Crippen LogP contribution >= 0.6 is 0 Å². The summed E-state index contributed by atoms with van der Waals surface area (Å²) in [6.07, 6.45) is 8.39. The largest absolute Gasteiger partial charge is 0.392 e. The summed E-state index contributed by atoms with van der Waals surface area (Å²) in [5.74, 6) is 0. The summed E-state index contributed by atoms with van der Waals surface area (Å²) >= 11 is 0. The van der Waals surface area contributed by atoms with E-state index in [4.69, 9.17) is 14.5 Å². The van der Waals surface area contributed by atoms with Crippen molar-refractivity contribution in [1.82, 2.24) is 4.48 Å². The number of aliphatic imine (C=N–C) groups is 1. The van der Waals surface area contributed by atoms with E-state index in [0.717, 1.165) is 36.9 Å². The molecule has 1 aliphatic heterocycles. The van der Waals surface area contributed by atoms with Crippen molar-refractivity contribution in [3.63, 3.8) is 0 Å². The molecule has 0 saturated carbocycles. The minimum atomic E-state index is -0.235. The fourth-order valence-electron chi connectivity index (χ4n) is 4.08. The van der Waals surface area contributed by atoms with Crippen LogP contribution < -0.4 is 0 Å². The van der Waals surface area contributed by atoms with Crippen molar-refractivity contribution in [2.75, 3.05) is 14.2 Å². The van der Waals surface area contributed by atoms with Crippen molar-refractivity contribution >= 4 is 18.6 Å². The maximum absolute atomic E-state index is 5.40. The van der Waals surface area contributed by atoms with Crippen LogP contribution in [0, 0.1) is 6.92 Å². The first-order valence-corrected chi connectivity index (χ1v) is 10.1. The van der Waals surface area contributed by atoms with Gasteiger partial charge in [-0.15, -0.1) is 0 Å². The lowest BCUT2D eigenvalue weighted by molar-refractivity contribution is -0.0995. The standard InChI is InChI=1S/C22H35BN2O2/c1-9-18-15(4)14-25(23(10-2)11-3)21(18)13-20-16(5)19(17(6)24-20)12-22(26-7)27-8/h13-14,22H,9-12H2,1-8H3/b20-13-. The van der Waals surface area contributed by atoms with E-state index in [0.29, 0.717) is 6.85 Å². The summed E-state index contributed by atoms with van der Waals surface area (Å²) in [6, 6.07) is 0. The molecule has 1 aromatic rings. The third kappa shape index (κ3) is 4.46. The van der Waals surface area contributed by atoms with Crippen LogP contribution in [-0.2, 0) is 15.9 Å². The summed E-state index contributed by atoms with van der Waals surface area (Å²) < 4.78 is 13.3. The van der Waals surface area contributed by atoms with Crippen LogP contribution in [0.5, 0.6) is 0 Å². The number of hydrogen-bond donors (Lipinski definition) is 0. The van der Waals surface area contributed by atoms with E-state index in [2.05, 4.69) is 58.3 Å². The summed E-state index contributed by atoms with van der Waals surface area (Å²) in [5.41, 5.74) is 8.69. The molecule has 0 atom stereocenters. The van der Waals surface area contributed by atoms with Crippen LogP contribution in [0.3, 0.4) is 0 Å². The second-order valence-electron chi connectivity index (χ2n) is 7.34. The number of allylic oxidation sites excluding steroid dienone is 1. The molecule has 0 saturated heterocycles. The topological polar surface area (TPSA) is 35.8 Å². The van der Waals surface area contributed by atoms with Crippen LogP contribution in [0.1, 0.15) is 57.9 Å². The molecule has 0 fully saturated rings. The first kappa shape index (κ1) is 21.7. The number of hydrogen-bond acceptors (Lipinski definition) is 3. The third-order valence-corrected chi connectivity index (χ3v) is 5.82. The van der Waals surface area contributed by atoms with Crippen molar-refractivity contribution in [2.24, 2.45) is 4.99 Å². The predicted molar refractivity (Wildman–Crippen MR) is 117 cm³/mol. The molecule has 0 aromatic carbocycles. The maximum Gasteiger partial charge on any atom is 0.259 e. The molecule has 0 unspecified atom stereocenters. The van der Waals surface area contributed by atoms with Crippen molar-refractivity contribution in [1.29, 1.82) is 0 Å². The Morgan fingerprint density at radius 3 is 2.26 bits per heavy atom. The van der Waals surface area contributed by atoms with Gasteiger partial charge in [-0.05, 0) is 61.7 Å². The van der Waals surface area contributed by atoms with Gasteiger partial charge in [-0.1, -0.05) is 33.4 Å². The second kappa shape index (κ2) is 9.56. The average Bonchev–Trinajstić information content (AvgIpc) is 3.11. The average molecular weight is 370 g/mol. The Balaban J connectivity index is 2.51. The van der Waals surface area contributed by atoms with Gasteiger partial charge < -0.3 is 14.0 Å². The van der Waals surface area contributed by atoms with Gasteiger partial charge in [-0.25, -0.2) is 0 Å². The van der Waals surface area contributed by atoms with Crippen LogP contribution in [0.15, 0.2) is 28.0 Å². The van der Waals surface area contributed by atoms with E-state index in [1.165, 1.54) is 28.0 Å². The molecule has 0 aliphatic carbocycles. The van der Waals surface area contributed by atoms with Gasteiger partial charge in [0, 0.05) is 32.0 Å². The zero-order chi connectivity index (χ0) is 20.1. The number of methoxy groups -OCH3 is 2. The van der Waals surface area contributed by atoms with Crippen LogP contribution in [0.4, 0.5) is 0 Å². The van der Waals surface area contributed by atoms with Crippen molar-refractivity contribution in [3.8, 4) is 0 Å². The molecule has 148 valence electrons. The number of aromatic nitrogens is 1. The monoisotopic (exact) mass is 370 g/mol. The number of nitrogens with zero attached hydrogens (tertiary/aromatic N) is 2. The number of rotatable bonds is 9. The van der Waals surface area contributed by atoms with Gasteiger partial charge in [0.25, 0.3) is 6.85 Å². The van der Waals surface area contributed by atoms with Crippen LogP contribution in [0.25, 0.3) is 6.08 Å². The van der Waals surface area contributed by atoms with Crippen LogP contribution in [0.2, 0.25) is 12.6 Å². The lowest BCUT2D eigenvalue weighted by Crippen LogP contribution is -2.22. The van der Waals surface area contributed by atoms with Crippen molar-refractivity contribution < 1.29 is 9.47 Å². The van der Waals surface area contributed by atoms with Crippen LogP contribution in [-0.4, -0.2) is 37.5 Å². The predicted octanol–water partition coefficient (Wildman–Crippen LogP) is 5.38. The lowest BCUT2D eigenvalue weighted by Gasteiger charge is -2.16. The molecule has 1 aromatic heterocycles.